The lowest BCUT2D eigenvalue weighted by Crippen LogP contribution is -2.53. The summed E-state index contributed by atoms with van der Waals surface area (Å²) in [4.78, 5) is 43.2. The first-order chi connectivity index (χ1) is 16.5. The molecule has 0 saturated carbocycles. The number of benzene rings is 2. The predicted octanol–water partition coefficient (Wildman–Crippen LogP) is 1.84. The molecule has 2 saturated heterocycles. The zero-order valence-corrected chi connectivity index (χ0v) is 21.5. The number of carbonyl (C=O) groups is 3. The fraction of sp³-hybridized carbons (Fsp3) is 0.458. The van der Waals surface area contributed by atoms with E-state index in [0.717, 1.165) is 11.8 Å². The molecule has 2 fully saturated rings. The van der Waals surface area contributed by atoms with Gasteiger partial charge in [0, 0.05) is 32.2 Å². The fourth-order valence-electron chi connectivity index (χ4n) is 4.77. The summed E-state index contributed by atoms with van der Waals surface area (Å²) in [5.74, 6) is -0.886. The van der Waals surface area contributed by atoms with E-state index in [4.69, 9.17) is 11.6 Å². The van der Waals surface area contributed by atoms with Gasteiger partial charge in [-0.3, -0.25) is 14.4 Å². The summed E-state index contributed by atoms with van der Waals surface area (Å²) >= 11 is 6.00. The van der Waals surface area contributed by atoms with E-state index in [1.807, 2.05) is 0 Å². The van der Waals surface area contributed by atoms with Crippen molar-refractivity contribution in [2.75, 3.05) is 27.2 Å². The molecule has 2 aromatic carbocycles. The first kappa shape index (κ1) is 25.4. The molecule has 2 aliphatic rings. The van der Waals surface area contributed by atoms with Crippen molar-refractivity contribution in [2.45, 2.75) is 49.2 Å². The molecule has 0 radical (unpaired) electrons. The van der Waals surface area contributed by atoms with Gasteiger partial charge >= 0.3 is 0 Å². The fourth-order valence-corrected chi connectivity index (χ4v) is 6.21. The quantitative estimate of drug-likeness (QED) is 0.625. The maximum Gasteiger partial charge on any atom is 0.245 e. The molecule has 11 heteroatoms. The number of likely N-dealkylation sites (tertiary alicyclic amines) is 2. The Bertz CT molecular complexity index is 1280. The lowest BCUT2D eigenvalue weighted by molar-refractivity contribution is -0.148. The van der Waals surface area contributed by atoms with Crippen LogP contribution in [0, 0.1) is 0 Å². The largest absolute Gasteiger partial charge is 0.347 e. The standard InChI is InChI=1S/C24H29ClN4O5S/c1-15(22(30)29-11-4-5-21(29)24(32)27(2)3)28-12-10-20(23(28)31)26-35(33,34)19-9-7-16-13-18(25)8-6-17(16)14-19/h6-9,13-15,20-21,26H,4-5,10-12H2,1-3H3/t15?,20?,21-/m0/s1. The maximum atomic E-state index is 13.2. The van der Waals surface area contributed by atoms with E-state index in [2.05, 4.69) is 4.72 Å². The topological polar surface area (TPSA) is 107 Å². The Morgan fingerprint density at radius 1 is 1.09 bits per heavy atom. The van der Waals surface area contributed by atoms with Gasteiger partial charge < -0.3 is 14.7 Å². The number of hydrogen-bond donors (Lipinski definition) is 1. The number of hydrogen-bond acceptors (Lipinski definition) is 5. The van der Waals surface area contributed by atoms with Gasteiger partial charge in [0.2, 0.25) is 27.7 Å². The summed E-state index contributed by atoms with van der Waals surface area (Å²) in [7, 11) is -0.667. The van der Waals surface area contributed by atoms with Gasteiger partial charge in [0.05, 0.1) is 4.90 Å². The zero-order valence-electron chi connectivity index (χ0n) is 19.9. The number of fused-ring (bicyclic) bond motifs is 1. The average Bonchev–Trinajstić information content (AvgIpc) is 3.44. The van der Waals surface area contributed by atoms with Crippen LogP contribution in [0.5, 0.6) is 0 Å². The third-order valence-electron chi connectivity index (χ3n) is 6.71. The van der Waals surface area contributed by atoms with Crippen LogP contribution >= 0.6 is 11.6 Å². The van der Waals surface area contributed by atoms with Crippen LogP contribution in [-0.2, 0) is 24.4 Å². The first-order valence-electron chi connectivity index (χ1n) is 11.5. The average molecular weight is 521 g/mol. The van der Waals surface area contributed by atoms with E-state index >= 15 is 0 Å². The van der Waals surface area contributed by atoms with Gasteiger partial charge in [0.1, 0.15) is 18.1 Å². The third-order valence-corrected chi connectivity index (χ3v) is 8.41. The number of carbonyl (C=O) groups excluding carboxylic acids is 3. The highest BCUT2D eigenvalue weighted by molar-refractivity contribution is 7.89. The highest BCUT2D eigenvalue weighted by atomic mass is 35.5. The minimum Gasteiger partial charge on any atom is -0.347 e. The molecule has 1 N–H and O–H groups in total. The molecule has 2 unspecified atom stereocenters. The van der Waals surface area contributed by atoms with Crippen molar-refractivity contribution in [2.24, 2.45) is 0 Å². The van der Waals surface area contributed by atoms with Crippen LogP contribution in [0.3, 0.4) is 0 Å². The van der Waals surface area contributed by atoms with Crippen molar-refractivity contribution in [1.29, 1.82) is 0 Å². The Balaban J connectivity index is 1.46. The van der Waals surface area contributed by atoms with Gasteiger partial charge in [-0.05, 0) is 61.2 Å². The van der Waals surface area contributed by atoms with Gasteiger partial charge in [0.15, 0.2) is 0 Å². The van der Waals surface area contributed by atoms with E-state index in [1.54, 1.807) is 50.2 Å². The summed E-state index contributed by atoms with van der Waals surface area (Å²) in [6, 6.07) is 7.55. The maximum absolute atomic E-state index is 13.2. The van der Waals surface area contributed by atoms with Gasteiger partial charge in [-0.1, -0.05) is 23.7 Å². The second-order valence-corrected chi connectivity index (χ2v) is 11.4. The SMILES string of the molecule is CC(C(=O)N1CCC[C@H]1C(=O)N(C)C)N1CCC(NS(=O)(=O)c2ccc3cc(Cl)ccc3c2)C1=O. The minimum absolute atomic E-state index is 0.0461. The van der Waals surface area contributed by atoms with Crippen LogP contribution in [0.4, 0.5) is 0 Å². The summed E-state index contributed by atoms with van der Waals surface area (Å²) < 4.78 is 28.5. The Kier molecular flexibility index (Phi) is 7.08. The normalized spacial score (nSPS) is 21.5. The molecule has 188 valence electrons. The molecule has 3 amide bonds. The van der Waals surface area contributed by atoms with Crippen LogP contribution in [0.15, 0.2) is 41.3 Å². The molecule has 0 bridgehead atoms. The number of sulfonamides is 1. The van der Waals surface area contributed by atoms with Gasteiger partial charge in [0.25, 0.3) is 0 Å². The molecular formula is C24H29ClN4O5S. The lowest BCUT2D eigenvalue weighted by Gasteiger charge is -2.32. The number of halogens is 1. The monoisotopic (exact) mass is 520 g/mol. The van der Waals surface area contributed by atoms with Crippen molar-refractivity contribution in [3.63, 3.8) is 0 Å². The molecule has 0 aliphatic carbocycles. The van der Waals surface area contributed by atoms with Crippen molar-refractivity contribution in [1.82, 2.24) is 19.4 Å². The van der Waals surface area contributed by atoms with E-state index < -0.39 is 34.1 Å². The van der Waals surface area contributed by atoms with Crippen molar-refractivity contribution < 1.29 is 22.8 Å². The van der Waals surface area contributed by atoms with Crippen molar-refractivity contribution in [3.8, 4) is 0 Å². The minimum atomic E-state index is -3.97. The number of rotatable bonds is 6. The summed E-state index contributed by atoms with van der Waals surface area (Å²) in [6.07, 6.45) is 1.56. The van der Waals surface area contributed by atoms with E-state index in [0.29, 0.717) is 23.4 Å². The number of nitrogens with one attached hydrogen (secondary N) is 1. The number of nitrogens with zero attached hydrogens (tertiary/aromatic N) is 3. The molecular weight excluding hydrogens is 492 g/mol. The highest BCUT2D eigenvalue weighted by Gasteiger charge is 2.43. The van der Waals surface area contributed by atoms with Crippen LogP contribution in [0.1, 0.15) is 26.2 Å². The molecule has 2 aromatic rings. The second-order valence-electron chi connectivity index (χ2n) is 9.25. The van der Waals surface area contributed by atoms with E-state index in [1.165, 1.54) is 21.9 Å². The van der Waals surface area contributed by atoms with Crippen LogP contribution in [-0.4, -0.2) is 86.1 Å². The number of amides is 3. The Hall–Kier alpha value is -2.69. The Labute approximate surface area is 210 Å². The molecule has 9 nitrogen and oxygen atoms in total. The molecule has 4 rings (SSSR count). The summed E-state index contributed by atoms with van der Waals surface area (Å²) in [6.45, 7) is 2.33. The van der Waals surface area contributed by atoms with Crippen molar-refractivity contribution >= 4 is 50.1 Å². The number of likely N-dealkylation sites (N-methyl/N-ethyl adjacent to an activating group) is 1. The lowest BCUT2D eigenvalue weighted by atomic mass is 10.1. The third kappa shape index (κ3) is 5.00. The van der Waals surface area contributed by atoms with Crippen LogP contribution in [0.25, 0.3) is 10.8 Å². The van der Waals surface area contributed by atoms with Crippen molar-refractivity contribution in [3.05, 3.63) is 41.4 Å². The highest BCUT2D eigenvalue weighted by Crippen LogP contribution is 2.25. The molecule has 35 heavy (non-hydrogen) atoms. The smallest absolute Gasteiger partial charge is 0.245 e. The summed E-state index contributed by atoms with van der Waals surface area (Å²) in [5, 5.41) is 2.07. The molecule has 2 heterocycles. The molecule has 0 spiro atoms. The molecule has 0 aromatic heterocycles. The first-order valence-corrected chi connectivity index (χ1v) is 13.4. The molecule has 2 aliphatic heterocycles. The Morgan fingerprint density at radius 3 is 2.49 bits per heavy atom. The Morgan fingerprint density at radius 2 is 1.77 bits per heavy atom. The zero-order chi connectivity index (χ0) is 25.5. The van der Waals surface area contributed by atoms with Gasteiger partial charge in [-0.15, -0.1) is 0 Å². The van der Waals surface area contributed by atoms with E-state index in [9.17, 15) is 22.8 Å². The van der Waals surface area contributed by atoms with Gasteiger partial charge in [-0.2, -0.15) is 4.72 Å². The second kappa shape index (κ2) is 9.75. The van der Waals surface area contributed by atoms with Crippen LogP contribution in [0.2, 0.25) is 5.02 Å². The molecule has 3 atom stereocenters. The predicted molar refractivity (Wildman–Crippen MR) is 132 cm³/mol. The van der Waals surface area contributed by atoms with Gasteiger partial charge in [-0.25, -0.2) is 8.42 Å². The van der Waals surface area contributed by atoms with Crippen LogP contribution < -0.4 is 4.72 Å². The summed E-state index contributed by atoms with van der Waals surface area (Å²) in [5.41, 5.74) is 0. The van der Waals surface area contributed by atoms with E-state index in [-0.39, 0.29) is 29.7 Å².